The lowest BCUT2D eigenvalue weighted by atomic mass is 9.92. The Morgan fingerprint density at radius 1 is 1.25 bits per heavy atom. The van der Waals surface area contributed by atoms with Crippen LogP contribution >= 0.6 is 0 Å². The second-order valence-electron chi connectivity index (χ2n) is 6.85. The van der Waals surface area contributed by atoms with Crippen molar-refractivity contribution in [3.05, 3.63) is 0 Å². The largest absolute Gasteiger partial charge is 0.355 e. The van der Waals surface area contributed by atoms with Gasteiger partial charge in [0.25, 0.3) is 0 Å². The highest BCUT2D eigenvalue weighted by molar-refractivity contribution is 5.81. The molecular formula is C16H31N3O. The third-order valence-corrected chi connectivity index (χ3v) is 4.52. The molecule has 0 aliphatic carbocycles. The van der Waals surface area contributed by atoms with Gasteiger partial charge in [0.1, 0.15) is 0 Å². The number of carbonyl (C=O) groups is 1. The fraction of sp³-hybridized carbons (Fsp3) is 0.938. The smallest absolute Gasteiger partial charge is 0.237 e. The van der Waals surface area contributed by atoms with E-state index in [-0.39, 0.29) is 11.9 Å². The summed E-state index contributed by atoms with van der Waals surface area (Å²) in [6, 6.07) is 0.0683. The van der Waals surface area contributed by atoms with Crippen molar-refractivity contribution >= 4 is 5.91 Å². The van der Waals surface area contributed by atoms with Gasteiger partial charge in [-0.25, -0.2) is 0 Å². The third-order valence-electron chi connectivity index (χ3n) is 4.52. The molecule has 2 unspecified atom stereocenters. The fourth-order valence-electron chi connectivity index (χ4n) is 3.68. The minimum absolute atomic E-state index is 0.0683. The van der Waals surface area contributed by atoms with E-state index in [4.69, 9.17) is 0 Å². The van der Waals surface area contributed by atoms with Crippen LogP contribution in [0.4, 0.5) is 0 Å². The molecule has 2 aliphatic heterocycles. The van der Waals surface area contributed by atoms with Gasteiger partial charge in [0, 0.05) is 19.6 Å². The lowest BCUT2D eigenvalue weighted by Crippen LogP contribution is -2.41. The monoisotopic (exact) mass is 281 g/mol. The van der Waals surface area contributed by atoms with E-state index in [9.17, 15) is 4.79 Å². The molecule has 2 heterocycles. The van der Waals surface area contributed by atoms with Gasteiger partial charge in [-0.1, -0.05) is 13.8 Å². The van der Waals surface area contributed by atoms with Crippen molar-refractivity contribution in [3.8, 4) is 0 Å². The molecule has 0 radical (unpaired) electrons. The Bertz CT molecular complexity index is 292. The van der Waals surface area contributed by atoms with E-state index in [0.717, 1.165) is 44.2 Å². The highest BCUT2D eigenvalue weighted by atomic mass is 16.2. The number of piperidine rings is 1. The SMILES string of the molecule is CC1CC(C)CN(CCCCNC(=O)[C@@H]2CCCN2)C1. The molecule has 116 valence electrons. The maximum absolute atomic E-state index is 11.8. The van der Waals surface area contributed by atoms with E-state index in [1.807, 2.05) is 0 Å². The summed E-state index contributed by atoms with van der Waals surface area (Å²) in [7, 11) is 0. The molecule has 20 heavy (non-hydrogen) atoms. The summed E-state index contributed by atoms with van der Waals surface area (Å²) < 4.78 is 0. The Labute approximate surface area is 123 Å². The van der Waals surface area contributed by atoms with Crippen LogP contribution in [0.2, 0.25) is 0 Å². The second-order valence-corrected chi connectivity index (χ2v) is 6.85. The van der Waals surface area contributed by atoms with Gasteiger partial charge in [-0.2, -0.15) is 0 Å². The van der Waals surface area contributed by atoms with Crippen LogP contribution in [0.15, 0.2) is 0 Å². The molecule has 0 aromatic rings. The summed E-state index contributed by atoms with van der Waals surface area (Å²) in [4.78, 5) is 14.4. The molecule has 1 amide bonds. The van der Waals surface area contributed by atoms with Crippen LogP contribution in [0.3, 0.4) is 0 Å². The molecule has 2 fully saturated rings. The molecule has 2 aliphatic rings. The van der Waals surface area contributed by atoms with Gasteiger partial charge in [-0.3, -0.25) is 4.79 Å². The molecule has 0 aromatic heterocycles. The average molecular weight is 281 g/mol. The molecule has 2 saturated heterocycles. The molecule has 0 aromatic carbocycles. The first-order valence-corrected chi connectivity index (χ1v) is 8.38. The number of likely N-dealkylation sites (tertiary alicyclic amines) is 1. The van der Waals surface area contributed by atoms with Crippen LogP contribution in [-0.2, 0) is 4.79 Å². The predicted octanol–water partition coefficient (Wildman–Crippen LogP) is 1.61. The Kier molecular flexibility index (Phi) is 6.30. The molecule has 4 nitrogen and oxygen atoms in total. The van der Waals surface area contributed by atoms with Crippen molar-refractivity contribution < 1.29 is 4.79 Å². The predicted molar refractivity (Wildman–Crippen MR) is 82.7 cm³/mol. The number of unbranched alkanes of at least 4 members (excludes halogenated alkanes) is 1. The number of carbonyl (C=O) groups excluding carboxylic acids is 1. The van der Waals surface area contributed by atoms with Crippen molar-refractivity contribution in [1.82, 2.24) is 15.5 Å². The third kappa shape index (κ3) is 5.06. The minimum Gasteiger partial charge on any atom is -0.355 e. The number of rotatable bonds is 6. The zero-order chi connectivity index (χ0) is 14.4. The van der Waals surface area contributed by atoms with Gasteiger partial charge in [0.2, 0.25) is 5.91 Å². The molecular weight excluding hydrogens is 250 g/mol. The Morgan fingerprint density at radius 2 is 2.00 bits per heavy atom. The number of nitrogens with one attached hydrogen (secondary N) is 2. The molecule has 0 spiro atoms. The molecule has 0 bridgehead atoms. The molecule has 2 rings (SSSR count). The average Bonchev–Trinajstić information content (AvgIpc) is 2.90. The van der Waals surface area contributed by atoms with Crippen molar-refractivity contribution in [2.75, 3.05) is 32.7 Å². The number of hydrogen-bond acceptors (Lipinski definition) is 3. The van der Waals surface area contributed by atoms with Gasteiger partial charge >= 0.3 is 0 Å². The van der Waals surface area contributed by atoms with Crippen LogP contribution in [0.5, 0.6) is 0 Å². The maximum atomic E-state index is 11.8. The fourth-order valence-corrected chi connectivity index (χ4v) is 3.68. The van der Waals surface area contributed by atoms with Crippen molar-refractivity contribution in [2.24, 2.45) is 11.8 Å². The van der Waals surface area contributed by atoms with E-state index in [2.05, 4.69) is 29.4 Å². The van der Waals surface area contributed by atoms with Crippen LogP contribution in [0.25, 0.3) is 0 Å². The van der Waals surface area contributed by atoms with Crippen LogP contribution in [0.1, 0.15) is 46.0 Å². The van der Waals surface area contributed by atoms with Crippen molar-refractivity contribution in [2.45, 2.75) is 52.0 Å². The van der Waals surface area contributed by atoms with Gasteiger partial charge in [0.15, 0.2) is 0 Å². The van der Waals surface area contributed by atoms with E-state index in [1.54, 1.807) is 0 Å². The number of nitrogens with zero attached hydrogens (tertiary/aromatic N) is 1. The second kappa shape index (κ2) is 7.99. The van der Waals surface area contributed by atoms with Crippen molar-refractivity contribution in [1.29, 1.82) is 0 Å². The highest BCUT2D eigenvalue weighted by Gasteiger charge is 2.22. The Balaban J connectivity index is 1.52. The van der Waals surface area contributed by atoms with Gasteiger partial charge in [-0.05, 0) is 57.0 Å². The molecule has 0 saturated carbocycles. The summed E-state index contributed by atoms with van der Waals surface area (Å²) in [6.07, 6.45) is 5.79. The van der Waals surface area contributed by atoms with Gasteiger partial charge < -0.3 is 15.5 Å². The zero-order valence-electron chi connectivity index (χ0n) is 13.2. The quantitative estimate of drug-likeness (QED) is 0.727. The number of hydrogen-bond donors (Lipinski definition) is 2. The highest BCUT2D eigenvalue weighted by Crippen LogP contribution is 2.20. The van der Waals surface area contributed by atoms with E-state index >= 15 is 0 Å². The van der Waals surface area contributed by atoms with Gasteiger partial charge in [0.05, 0.1) is 6.04 Å². The number of amides is 1. The normalized spacial score (nSPS) is 31.4. The topological polar surface area (TPSA) is 44.4 Å². The van der Waals surface area contributed by atoms with Crippen LogP contribution in [-0.4, -0.2) is 49.6 Å². The summed E-state index contributed by atoms with van der Waals surface area (Å²) in [5.41, 5.74) is 0. The van der Waals surface area contributed by atoms with Crippen LogP contribution < -0.4 is 10.6 Å². The van der Waals surface area contributed by atoms with E-state index in [1.165, 1.54) is 32.5 Å². The molecule has 2 N–H and O–H groups in total. The first kappa shape index (κ1) is 15.8. The summed E-state index contributed by atoms with van der Waals surface area (Å²) in [5.74, 6) is 1.88. The maximum Gasteiger partial charge on any atom is 0.237 e. The minimum atomic E-state index is 0.0683. The summed E-state index contributed by atoms with van der Waals surface area (Å²) >= 11 is 0. The van der Waals surface area contributed by atoms with Crippen molar-refractivity contribution in [3.63, 3.8) is 0 Å². The first-order chi connectivity index (χ1) is 9.65. The summed E-state index contributed by atoms with van der Waals surface area (Å²) in [5, 5.41) is 6.30. The Hall–Kier alpha value is -0.610. The molecule has 4 heteroatoms. The lowest BCUT2D eigenvalue weighted by molar-refractivity contribution is -0.122. The Morgan fingerprint density at radius 3 is 2.65 bits per heavy atom. The van der Waals surface area contributed by atoms with Gasteiger partial charge in [-0.15, -0.1) is 0 Å². The van der Waals surface area contributed by atoms with E-state index < -0.39 is 0 Å². The summed E-state index contributed by atoms with van der Waals surface area (Å²) in [6.45, 7) is 10.2. The van der Waals surface area contributed by atoms with Crippen LogP contribution in [0, 0.1) is 11.8 Å². The zero-order valence-corrected chi connectivity index (χ0v) is 13.2. The first-order valence-electron chi connectivity index (χ1n) is 8.38. The van der Waals surface area contributed by atoms with E-state index in [0.29, 0.717) is 0 Å². The molecule has 3 atom stereocenters. The standard InChI is InChI=1S/C16H31N3O/c1-13-10-14(2)12-19(11-13)9-4-3-7-18-16(20)15-6-5-8-17-15/h13-15,17H,3-12H2,1-2H3,(H,18,20)/t13?,14?,15-/m0/s1. The lowest BCUT2D eigenvalue weighted by Gasteiger charge is -2.34.